The van der Waals surface area contributed by atoms with E-state index in [1.165, 1.54) is 10.4 Å². The van der Waals surface area contributed by atoms with Gasteiger partial charge < -0.3 is 25.0 Å². The van der Waals surface area contributed by atoms with Crippen molar-refractivity contribution in [3.05, 3.63) is 42.0 Å². The van der Waals surface area contributed by atoms with Crippen LogP contribution < -0.4 is 5.32 Å². The summed E-state index contributed by atoms with van der Waals surface area (Å²) in [5, 5.41) is 23.5. The highest BCUT2D eigenvalue weighted by Crippen LogP contribution is 2.36. The lowest BCUT2D eigenvalue weighted by molar-refractivity contribution is 0.167. The highest BCUT2D eigenvalue weighted by atomic mass is 16.3. The van der Waals surface area contributed by atoms with E-state index in [2.05, 4.69) is 35.9 Å². The molecule has 1 aromatic heterocycles. The monoisotopic (exact) mass is 369 g/mol. The Kier molecular flexibility index (Phi) is 5.68. The SMILES string of the molecule is Cc1c(NC(=O)N(CCO)CCO)ccc2c1c1ccccc1n2C(C)C. The van der Waals surface area contributed by atoms with Gasteiger partial charge in [0.15, 0.2) is 0 Å². The number of carbonyl (C=O) groups is 1. The molecular weight excluding hydrogens is 342 g/mol. The van der Waals surface area contributed by atoms with Crippen LogP contribution in [-0.4, -0.2) is 52.0 Å². The van der Waals surface area contributed by atoms with Gasteiger partial charge in [0.25, 0.3) is 0 Å². The number of carbonyl (C=O) groups excluding carboxylic acids is 1. The van der Waals surface area contributed by atoms with Gasteiger partial charge in [-0.15, -0.1) is 0 Å². The number of nitrogens with zero attached hydrogens (tertiary/aromatic N) is 2. The number of anilines is 1. The van der Waals surface area contributed by atoms with Crippen molar-refractivity contribution in [1.82, 2.24) is 9.47 Å². The molecule has 1 heterocycles. The summed E-state index contributed by atoms with van der Waals surface area (Å²) in [5.41, 5.74) is 4.06. The number of nitrogens with one attached hydrogen (secondary N) is 1. The normalized spacial score (nSPS) is 11.5. The number of aryl methyl sites for hydroxylation is 1. The minimum Gasteiger partial charge on any atom is -0.395 e. The minimum absolute atomic E-state index is 0.146. The largest absolute Gasteiger partial charge is 0.395 e. The Hall–Kier alpha value is -2.57. The van der Waals surface area contributed by atoms with Gasteiger partial charge in [-0.25, -0.2) is 4.79 Å². The van der Waals surface area contributed by atoms with Crippen LogP contribution >= 0.6 is 0 Å². The summed E-state index contributed by atoms with van der Waals surface area (Å²) in [6.07, 6.45) is 0. The zero-order valence-electron chi connectivity index (χ0n) is 16.1. The molecule has 0 saturated heterocycles. The Morgan fingerprint density at radius 2 is 1.74 bits per heavy atom. The first-order chi connectivity index (χ1) is 13.0. The molecule has 2 aromatic carbocycles. The van der Waals surface area contributed by atoms with Gasteiger partial charge in [-0.1, -0.05) is 18.2 Å². The van der Waals surface area contributed by atoms with Crippen molar-refractivity contribution in [2.45, 2.75) is 26.8 Å². The fourth-order valence-electron chi connectivity index (χ4n) is 3.71. The van der Waals surface area contributed by atoms with E-state index in [4.69, 9.17) is 10.2 Å². The van der Waals surface area contributed by atoms with Gasteiger partial charge >= 0.3 is 6.03 Å². The third-order valence-corrected chi connectivity index (χ3v) is 4.92. The second kappa shape index (κ2) is 7.98. The second-order valence-corrected chi connectivity index (χ2v) is 6.98. The standard InChI is InChI=1S/C21H27N3O3/c1-14(2)24-18-7-5-4-6-16(18)20-15(3)17(8-9-19(20)24)22-21(27)23(10-12-25)11-13-26/h4-9,14,25-26H,10-13H2,1-3H3,(H,22,27). The molecule has 0 aliphatic heterocycles. The van der Waals surface area contributed by atoms with Crippen LogP contribution in [-0.2, 0) is 0 Å². The lowest BCUT2D eigenvalue weighted by Crippen LogP contribution is -2.39. The first kappa shape index (κ1) is 19.2. The van der Waals surface area contributed by atoms with E-state index in [1.54, 1.807) is 0 Å². The molecule has 0 aliphatic carbocycles. The van der Waals surface area contributed by atoms with Gasteiger partial charge in [0.2, 0.25) is 0 Å². The summed E-state index contributed by atoms with van der Waals surface area (Å²) in [6.45, 7) is 6.41. The Morgan fingerprint density at radius 3 is 2.37 bits per heavy atom. The molecule has 2 amide bonds. The van der Waals surface area contributed by atoms with Crippen LogP contribution in [0.3, 0.4) is 0 Å². The molecule has 0 aliphatic rings. The van der Waals surface area contributed by atoms with Gasteiger partial charge in [-0.3, -0.25) is 0 Å². The zero-order valence-corrected chi connectivity index (χ0v) is 16.1. The molecular formula is C21H27N3O3. The molecule has 0 atom stereocenters. The molecule has 0 unspecified atom stereocenters. The Bertz CT molecular complexity index is 956. The average Bonchev–Trinajstić information content (AvgIpc) is 2.99. The third kappa shape index (κ3) is 3.50. The number of rotatable bonds is 6. The van der Waals surface area contributed by atoms with E-state index in [0.717, 1.165) is 27.5 Å². The number of fused-ring (bicyclic) bond motifs is 3. The fraction of sp³-hybridized carbons (Fsp3) is 0.381. The van der Waals surface area contributed by atoms with Crippen molar-refractivity contribution < 1.29 is 15.0 Å². The van der Waals surface area contributed by atoms with E-state index in [-0.39, 0.29) is 32.3 Å². The zero-order chi connectivity index (χ0) is 19.6. The number of aliphatic hydroxyl groups excluding tert-OH is 2. The van der Waals surface area contributed by atoms with Crippen LogP contribution in [0.25, 0.3) is 21.8 Å². The number of para-hydroxylation sites is 1. The fourth-order valence-corrected chi connectivity index (χ4v) is 3.71. The number of benzene rings is 2. The average molecular weight is 369 g/mol. The van der Waals surface area contributed by atoms with E-state index >= 15 is 0 Å². The van der Waals surface area contributed by atoms with Gasteiger partial charge in [0, 0.05) is 46.6 Å². The highest BCUT2D eigenvalue weighted by Gasteiger charge is 2.18. The second-order valence-electron chi connectivity index (χ2n) is 6.98. The molecule has 0 fully saturated rings. The molecule has 144 valence electrons. The van der Waals surface area contributed by atoms with Gasteiger partial charge in [0.05, 0.1) is 13.2 Å². The molecule has 0 saturated carbocycles. The molecule has 3 N–H and O–H groups in total. The Labute approximate surface area is 159 Å². The van der Waals surface area contributed by atoms with Crippen LogP contribution in [0.15, 0.2) is 36.4 Å². The van der Waals surface area contributed by atoms with E-state index in [9.17, 15) is 4.79 Å². The van der Waals surface area contributed by atoms with Crippen LogP contribution in [0.1, 0.15) is 25.5 Å². The predicted molar refractivity (Wildman–Crippen MR) is 109 cm³/mol. The van der Waals surface area contributed by atoms with Crippen molar-refractivity contribution in [2.24, 2.45) is 0 Å². The molecule has 6 heteroatoms. The number of aliphatic hydroxyl groups is 2. The van der Waals surface area contributed by atoms with Crippen molar-refractivity contribution in [1.29, 1.82) is 0 Å². The lowest BCUT2D eigenvalue weighted by Gasteiger charge is -2.22. The van der Waals surface area contributed by atoms with Gasteiger partial charge in [-0.2, -0.15) is 0 Å². The smallest absolute Gasteiger partial charge is 0.322 e. The number of urea groups is 1. The van der Waals surface area contributed by atoms with Crippen molar-refractivity contribution in [3.8, 4) is 0 Å². The molecule has 0 spiro atoms. The van der Waals surface area contributed by atoms with Crippen LogP contribution in [0.2, 0.25) is 0 Å². The summed E-state index contributed by atoms with van der Waals surface area (Å²) in [6, 6.07) is 12.3. The summed E-state index contributed by atoms with van der Waals surface area (Å²) in [5.74, 6) is 0. The summed E-state index contributed by atoms with van der Waals surface area (Å²) in [7, 11) is 0. The first-order valence-corrected chi connectivity index (χ1v) is 9.29. The van der Waals surface area contributed by atoms with E-state index < -0.39 is 0 Å². The predicted octanol–water partition coefficient (Wildman–Crippen LogP) is 3.50. The van der Waals surface area contributed by atoms with Crippen molar-refractivity contribution in [3.63, 3.8) is 0 Å². The highest BCUT2D eigenvalue weighted by molar-refractivity contribution is 6.12. The van der Waals surface area contributed by atoms with Crippen LogP contribution in [0.5, 0.6) is 0 Å². The quantitative estimate of drug-likeness (QED) is 0.622. The molecule has 0 radical (unpaired) electrons. The number of amides is 2. The Morgan fingerprint density at radius 1 is 1.07 bits per heavy atom. The Balaban J connectivity index is 2.08. The number of aromatic nitrogens is 1. The maximum Gasteiger partial charge on any atom is 0.322 e. The topological polar surface area (TPSA) is 77.7 Å². The summed E-state index contributed by atoms with van der Waals surface area (Å²) in [4.78, 5) is 13.9. The van der Waals surface area contributed by atoms with E-state index in [1.807, 2.05) is 31.2 Å². The maximum absolute atomic E-state index is 12.5. The van der Waals surface area contributed by atoms with E-state index in [0.29, 0.717) is 6.04 Å². The molecule has 0 bridgehead atoms. The summed E-state index contributed by atoms with van der Waals surface area (Å²) >= 11 is 0. The van der Waals surface area contributed by atoms with Crippen molar-refractivity contribution in [2.75, 3.05) is 31.6 Å². The van der Waals surface area contributed by atoms with Crippen LogP contribution in [0.4, 0.5) is 10.5 Å². The number of hydrogen-bond donors (Lipinski definition) is 3. The van der Waals surface area contributed by atoms with Crippen molar-refractivity contribution >= 4 is 33.5 Å². The van der Waals surface area contributed by atoms with Crippen LogP contribution in [0, 0.1) is 6.92 Å². The van der Waals surface area contributed by atoms with Gasteiger partial charge in [-0.05, 0) is 44.5 Å². The molecule has 3 aromatic rings. The lowest BCUT2D eigenvalue weighted by atomic mass is 10.1. The molecule has 27 heavy (non-hydrogen) atoms. The molecule has 3 rings (SSSR count). The maximum atomic E-state index is 12.5. The first-order valence-electron chi connectivity index (χ1n) is 9.29. The van der Waals surface area contributed by atoms with Gasteiger partial charge in [0.1, 0.15) is 0 Å². The number of hydrogen-bond acceptors (Lipinski definition) is 3. The summed E-state index contributed by atoms with van der Waals surface area (Å²) < 4.78 is 2.31. The molecule has 6 nitrogen and oxygen atoms in total. The third-order valence-electron chi connectivity index (χ3n) is 4.92. The minimum atomic E-state index is -0.326.